The Morgan fingerprint density at radius 3 is 2.00 bits per heavy atom. The van der Waals surface area contributed by atoms with E-state index in [0.717, 1.165) is 41.2 Å². The smallest absolute Gasteiger partial charge is 0.407 e. The summed E-state index contributed by atoms with van der Waals surface area (Å²) in [5, 5.41) is 19.3. The van der Waals surface area contributed by atoms with E-state index in [9.17, 15) is 29.5 Å². The molecule has 3 unspecified atom stereocenters. The highest BCUT2D eigenvalue weighted by Gasteiger charge is 2.39. The Kier molecular flexibility index (Phi) is 10.5. The van der Waals surface area contributed by atoms with E-state index in [-0.39, 0.29) is 50.0 Å². The zero-order valence-electron chi connectivity index (χ0n) is 32.5. The highest BCUT2D eigenvalue weighted by atomic mass is 16.5. The normalized spacial score (nSPS) is 19.8. The van der Waals surface area contributed by atoms with Gasteiger partial charge >= 0.3 is 11.8 Å². The number of amides is 3. The Morgan fingerprint density at radius 2 is 1.40 bits per heavy atom. The number of imidazole rings is 1. The number of carbonyl (C=O) groups excluding carboxylic acids is 2. The number of carboxylic acid groups (broad SMARTS) is 1. The van der Waals surface area contributed by atoms with Crippen molar-refractivity contribution in [3.05, 3.63) is 118 Å². The third-order valence-corrected chi connectivity index (χ3v) is 11.8. The number of piperazine rings is 1. The quantitative estimate of drug-likeness (QED) is 0.185. The minimum atomic E-state index is -1.01. The lowest BCUT2D eigenvalue weighted by Crippen LogP contribution is -2.47. The van der Waals surface area contributed by atoms with Crippen molar-refractivity contribution in [2.45, 2.75) is 37.9 Å². The van der Waals surface area contributed by atoms with Crippen LogP contribution in [0.1, 0.15) is 41.5 Å². The number of imide groups is 1. The number of piperidine rings is 1. The first-order chi connectivity index (χ1) is 28.1. The summed E-state index contributed by atoms with van der Waals surface area (Å²) in [6, 6.07) is 30.3. The largest absolute Gasteiger partial charge is 0.497 e. The summed E-state index contributed by atoms with van der Waals surface area (Å²) in [5.41, 5.74) is 5.61. The number of anilines is 2. The van der Waals surface area contributed by atoms with E-state index in [2.05, 4.69) is 28.0 Å². The molecule has 1 aromatic heterocycles. The Balaban J connectivity index is 1.06. The number of rotatable bonds is 10. The lowest BCUT2D eigenvalue weighted by atomic mass is 9.89. The van der Waals surface area contributed by atoms with Crippen LogP contribution in [0.25, 0.3) is 11.0 Å². The number of methoxy groups -OCH3 is 2. The second-order valence-electron chi connectivity index (χ2n) is 15.1. The van der Waals surface area contributed by atoms with Gasteiger partial charge in [0.1, 0.15) is 17.5 Å². The average Bonchev–Trinajstić information content (AvgIpc) is 3.82. The number of fused-ring (bicyclic) bond motifs is 1. The fraction of sp³-hybridized carbons (Fsp3) is 0.341. The molecule has 3 atom stereocenters. The van der Waals surface area contributed by atoms with Gasteiger partial charge in [-0.1, -0.05) is 36.4 Å². The summed E-state index contributed by atoms with van der Waals surface area (Å²) in [5.74, 6) is 0.125. The van der Waals surface area contributed by atoms with Crippen molar-refractivity contribution < 1.29 is 29.0 Å². The zero-order valence-corrected chi connectivity index (χ0v) is 32.5. The standard InChI is InChI=1S/C44H45N7O7/c1-57-35-11-6-29(7-12-35)25-49-40-23-34(47-20-18-46(19-21-47)33-5-3-4-31(22-33)37-28-48(44(55)56)27-32(37)24-45)10-15-38(40)51(43(49)54)39-16-17-41(52)50(42(39)53)26-30-8-13-36(58-2)14-9-30/h3-15,22-23,32,37,39H,16-21,25-28H2,1-2H3,(H,55,56). The number of nitrogens with zero attached hydrogens (tertiary/aromatic N) is 7. The maximum Gasteiger partial charge on any atom is 0.407 e. The minimum Gasteiger partial charge on any atom is -0.497 e. The van der Waals surface area contributed by atoms with Gasteiger partial charge in [-0.05, 0) is 77.7 Å². The van der Waals surface area contributed by atoms with Gasteiger partial charge in [-0.25, -0.2) is 9.59 Å². The van der Waals surface area contributed by atoms with E-state index < -0.39 is 24.0 Å². The van der Waals surface area contributed by atoms with Gasteiger partial charge in [0.15, 0.2) is 0 Å². The summed E-state index contributed by atoms with van der Waals surface area (Å²) < 4.78 is 13.9. The predicted molar refractivity (Wildman–Crippen MR) is 217 cm³/mol. The molecule has 4 heterocycles. The van der Waals surface area contributed by atoms with E-state index in [0.29, 0.717) is 42.2 Å². The van der Waals surface area contributed by atoms with Crippen LogP contribution in [0.15, 0.2) is 95.8 Å². The van der Waals surface area contributed by atoms with Gasteiger partial charge in [-0.15, -0.1) is 0 Å². The lowest BCUT2D eigenvalue weighted by molar-refractivity contribution is -0.151. The Hall–Kier alpha value is -6.75. The van der Waals surface area contributed by atoms with E-state index in [1.54, 1.807) is 35.5 Å². The van der Waals surface area contributed by atoms with E-state index in [1.165, 1.54) is 9.80 Å². The van der Waals surface area contributed by atoms with Crippen LogP contribution in [-0.2, 0) is 22.7 Å². The van der Waals surface area contributed by atoms with Crippen LogP contribution in [0.4, 0.5) is 16.2 Å². The summed E-state index contributed by atoms with van der Waals surface area (Å²) in [4.78, 5) is 60.7. The Morgan fingerprint density at radius 1 is 0.776 bits per heavy atom. The molecule has 298 valence electrons. The number of benzene rings is 4. The molecule has 58 heavy (non-hydrogen) atoms. The highest BCUT2D eigenvalue weighted by Crippen LogP contribution is 2.35. The van der Waals surface area contributed by atoms with E-state index in [4.69, 9.17) is 9.47 Å². The first-order valence-corrected chi connectivity index (χ1v) is 19.5. The molecule has 0 spiro atoms. The van der Waals surface area contributed by atoms with Crippen LogP contribution in [0, 0.1) is 17.2 Å². The molecule has 14 nitrogen and oxygen atoms in total. The average molecular weight is 784 g/mol. The first-order valence-electron chi connectivity index (χ1n) is 19.5. The number of ether oxygens (including phenoxy) is 2. The number of likely N-dealkylation sites (tertiary alicyclic amines) is 2. The van der Waals surface area contributed by atoms with Gasteiger partial charge < -0.3 is 29.3 Å². The highest BCUT2D eigenvalue weighted by molar-refractivity contribution is 6.00. The van der Waals surface area contributed by atoms with Crippen molar-refractivity contribution in [3.63, 3.8) is 0 Å². The molecule has 8 rings (SSSR count). The lowest BCUT2D eigenvalue weighted by Gasteiger charge is -2.37. The molecular formula is C44H45N7O7. The molecule has 5 aromatic rings. The third-order valence-electron chi connectivity index (χ3n) is 11.8. The summed E-state index contributed by atoms with van der Waals surface area (Å²) in [6.45, 7) is 3.75. The maximum absolute atomic E-state index is 14.5. The van der Waals surface area contributed by atoms with Gasteiger partial charge in [0.2, 0.25) is 5.91 Å². The fourth-order valence-electron chi connectivity index (χ4n) is 8.58. The van der Waals surface area contributed by atoms with Crippen molar-refractivity contribution in [1.29, 1.82) is 5.26 Å². The first kappa shape index (κ1) is 38.1. The number of hydrogen-bond acceptors (Lipinski definition) is 9. The molecule has 0 aliphatic carbocycles. The van der Waals surface area contributed by atoms with Gasteiger partial charge in [0.05, 0.1) is 50.3 Å². The molecule has 3 saturated heterocycles. The van der Waals surface area contributed by atoms with Crippen molar-refractivity contribution in [2.75, 3.05) is 63.3 Å². The Labute approximate surface area is 335 Å². The molecule has 0 bridgehead atoms. The van der Waals surface area contributed by atoms with E-state index in [1.807, 2.05) is 66.7 Å². The van der Waals surface area contributed by atoms with Gasteiger partial charge in [0, 0.05) is 63.0 Å². The minimum absolute atomic E-state index is 0.0993. The molecule has 4 aromatic carbocycles. The van der Waals surface area contributed by atoms with Crippen LogP contribution in [0.5, 0.6) is 11.5 Å². The van der Waals surface area contributed by atoms with Gasteiger partial charge in [0.25, 0.3) is 5.91 Å². The molecule has 0 saturated carbocycles. The summed E-state index contributed by atoms with van der Waals surface area (Å²) in [7, 11) is 3.18. The summed E-state index contributed by atoms with van der Waals surface area (Å²) >= 11 is 0. The molecule has 3 fully saturated rings. The van der Waals surface area contributed by atoms with Crippen molar-refractivity contribution in [2.24, 2.45) is 5.92 Å². The fourth-order valence-corrected chi connectivity index (χ4v) is 8.58. The van der Waals surface area contributed by atoms with Crippen molar-refractivity contribution in [1.82, 2.24) is 18.9 Å². The predicted octanol–water partition coefficient (Wildman–Crippen LogP) is 5.30. The number of hydrogen-bond donors (Lipinski definition) is 1. The second kappa shape index (κ2) is 16.0. The molecule has 3 aliphatic rings. The topological polar surface area (TPSA) is 154 Å². The van der Waals surface area contributed by atoms with E-state index >= 15 is 0 Å². The van der Waals surface area contributed by atoms with Crippen LogP contribution in [-0.4, -0.2) is 95.4 Å². The molecule has 14 heteroatoms. The van der Waals surface area contributed by atoms with Crippen LogP contribution < -0.4 is 25.0 Å². The molecule has 0 radical (unpaired) electrons. The van der Waals surface area contributed by atoms with Crippen LogP contribution in [0.2, 0.25) is 0 Å². The number of nitriles is 1. The van der Waals surface area contributed by atoms with Gasteiger partial charge in [-0.3, -0.25) is 23.6 Å². The second-order valence-corrected chi connectivity index (χ2v) is 15.1. The third kappa shape index (κ3) is 7.31. The number of aromatic nitrogens is 2. The van der Waals surface area contributed by atoms with Crippen molar-refractivity contribution in [3.8, 4) is 17.6 Å². The Bertz CT molecular complexity index is 2450. The maximum atomic E-state index is 14.5. The monoisotopic (exact) mass is 783 g/mol. The number of carbonyl (C=O) groups is 3. The van der Waals surface area contributed by atoms with Crippen LogP contribution >= 0.6 is 0 Å². The molecule has 3 amide bonds. The molecule has 3 aliphatic heterocycles. The summed E-state index contributed by atoms with van der Waals surface area (Å²) in [6.07, 6.45) is -0.650. The molecule has 1 N–H and O–H groups in total. The van der Waals surface area contributed by atoms with Crippen LogP contribution in [0.3, 0.4) is 0 Å². The SMILES string of the molecule is COc1ccc(CN2C(=O)CCC(n3c(=O)n(Cc4ccc(OC)cc4)c4cc(N5CCN(c6cccc(C7CN(C(=O)O)CC7C#N)c6)CC5)ccc43)C2=O)cc1. The van der Waals surface area contributed by atoms with Crippen molar-refractivity contribution >= 4 is 40.3 Å². The molecular weight excluding hydrogens is 739 g/mol. The van der Waals surface area contributed by atoms with Gasteiger partial charge in [-0.2, -0.15) is 5.26 Å². The zero-order chi connectivity index (χ0) is 40.5.